The molecule has 48 heavy (non-hydrogen) atoms. The number of aromatic nitrogens is 1. The van der Waals surface area contributed by atoms with Gasteiger partial charge in [0.1, 0.15) is 0 Å². The van der Waals surface area contributed by atoms with Crippen molar-refractivity contribution in [3.63, 3.8) is 0 Å². The van der Waals surface area contributed by atoms with Crippen LogP contribution in [0.25, 0.3) is 49.4 Å². The van der Waals surface area contributed by atoms with Crippen LogP contribution in [0.2, 0.25) is 0 Å². The molecular formula is C46H38N2. The lowest BCUT2D eigenvalue weighted by Crippen LogP contribution is -2.17. The number of rotatable bonds is 4. The third-order valence-electron chi connectivity index (χ3n) is 10.5. The molecule has 0 bridgehead atoms. The van der Waals surface area contributed by atoms with Gasteiger partial charge in [-0.15, -0.1) is 0 Å². The molecule has 8 aromatic rings. The number of nitrogens with zero attached hydrogens (tertiary/aromatic N) is 2. The molecule has 9 rings (SSSR count). The lowest BCUT2D eigenvalue weighted by atomic mass is 9.81. The van der Waals surface area contributed by atoms with Gasteiger partial charge in [0.2, 0.25) is 0 Å². The van der Waals surface area contributed by atoms with Crippen molar-refractivity contribution in [2.75, 3.05) is 4.90 Å². The third kappa shape index (κ3) is 4.19. The standard InChI is InChI=1S/C46H38N2/c1-29-12-11-15-33(24-29)47(32-13-7-6-8-14-32)44-28-41-45(36-17-10-9-16-35(36)44)37-21-20-34(27-40(37)46(41,4)5)48-42-22-18-30(2)25-38(42)39-26-31(3)19-23-43(39)48/h6-28H,1-5H3. The zero-order valence-electron chi connectivity index (χ0n) is 28.2. The Morgan fingerprint density at radius 2 is 1.10 bits per heavy atom. The Hall–Kier alpha value is -5.60. The predicted octanol–water partition coefficient (Wildman–Crippen LogP) is 12.6. The van der Waals surface area contributed by atoms with Crippen molar-refractivity contribution < 1.29 is 0 Å². The first-order valence-corrected chi connectivity index (χ1v) is 16.9. The second kappa shape index (κ2) is 10.5. The minimum Gasteiger partial charge on any atom is -0.310 e. The predicted molar refractivity (Wildman–Crippen MR) is 205 cm³/mol. The van der Waals surface area contributed by atoms with Gasteiger partial charge in [-0.2, -0.15) is 0 Å². The lowest BCUT2D eigenvalue weighted by Gasteiger charge is -2.30. The summed E-state index contributed by atoms with van der Waals surface area (Å²) in [5.41, 5.74) is 16.2. The number of benzene rings is 7. The maximum atomic E-state index is 2.47. The highest BCUT2D eigenvalue weighted by Gasteiger charge is 2.38. The van der Waals surface area contributed by atoms with Gasteiger partial charge in [0.15, 0.2) is 0 Å². The SMILES string of the molecule is Cc1cccc(N(c2ccccc2)c2cc3c(c4ccccc24)-c2ccc(-n4c5ccc(C)cc5c5cc(C)ccc54)cc2C3(C)C)c1. The second-order valence-electron chi connectivity index (χ2n) is 14.1. The van der Waals surface area contributed by atoms with Crippen LogP contribution in [0.15, 0.2) is 140 Å². The summed E-state index contributed by atoms with van der Waals surface area (Å²) in [6.07, 6.45) is 0. The number of hydrogen-bond acceptors (Lipinski definition) is 1. The van der Waals surface area contributed by atoms with Crippen molar-refractivity contribution in [2.24, 2.45) is 0 Å². The normalized spacial score (nSPS) is 13.3. The van der Waals surface area contributed by atoms with E-state index in [9.17, 15) is 0 Å². The van der Waals surface area contributed by atoms with Crippen LogP contribution >= 0.6 is 0 Å². The van der Waals surface area contributed by atoms with Gasteiger partial charge in [0.25, 0.3) is 0 Å². The quantitative estimate of drug-likeness (QED) is 0.190. The van der Waals surface area contributed by atoms with Crippen LogP contribution in [-0.4, -0.2) is 4.57 Å². The van der Waals surface area contributed by atoms with Gasteiger partial charge in [0.05, 0.1) is 16.7 Å². The fraction of sp³-hybridized carbons (Fsp3) is 0.130. The summed E-state index contributed by atoms with van der Waals surface area (Å²) < 4.78 is 2.46. The third-order valence-corrected chi connectivity index (χ3v) is 10.5. The fourth-order valence-corrected chi connectivity index (χ4v) is 8.18. The largest absolute Gasteiger partial charge is 0.310 e. The molecule has 7 aromatic carbocycles. The maximum Gasteiger partial charge on any atom is 0.0543 e. The average molecular weight is 619 g/mol. The van der Waals surface area contributed by atoms with Crippen LogP contribution in [-0.2, 0) is 5.41 Å². The zero-order chi connectivity index (χ0) is 32.7. The van der Waals surface area contributed by atoms with E-state index in [4.69, 9.17) is 0 Å². The molecular weight excluding hydrogens is 581 g/mol. The van der Waals surface area contributed by atoms with E-state index in [0.29, 0.717) is 0 Å². The minimum atomic E-state index is -0.208. The number of hydrogen-bond donors (Lipinski definition) is 0. The Labute approximate surface area is 282 Å². The maximum absolute atomic E-state index is 2.47. The van der Waals surface area contributed by atoms with E-state index in [1.807, 2.05) is 0 Å². The van der Waals surface area contributed by atoms with Gasteiger partial charge >= 0.3 is 0 Å². The molecule has 0 aliphatic heterocycles. The number of aryl methyl sites for hydroxylation is 3. The summed E-state index contributed by atoms with van der Waals surface area (Å²) in [4.78, 5) is 2.43. The summed E-state index contributed by atoms with van der Waals surface area (Å²) >= 11 is 0. The molecule has 1 aliphatic carbocycles. The second-order valence-corrected chi connectivity index (χ2v) is 14.1. The summed E-state index contributed by atoms with van der Waals surface area (Å²) in [6.45, 7) is 11.3. The first-order chi connectivity index (χ1) is 23.3. The van der Waals surface area contributed by atoms with Crippen LogP contribution in [0.3, 0.4) is 0 Å². The topological polar surface area (TPSA) is 8.17 Å². The molecule has 0 amide bonds. The summed E-state index contributed by atoms with van der Waals surface area (Å²) in [7, 11) is 0. The molecule has 0 N–H and O–H groups in total. The van der Waals surface area contributed by atoms with Gasteiger partial charge in [0, 0.05) is 38.6 Å². The fourth-order valence-electron chi connectivity index (χ4n) is 8.18. The molecule has 0 saturated heterocycles. The highest BCUT2D eigenvalue weighted by molar-refractivity contribution is 6.11. The molecule has 1 heterocycles. The van der Waals surface area contributed by atoms with Crippen molar-refractivity contribution in [3.8, 4) is 16.8 Å². The molecule has 0 saturated carbocycles. The van der Waals surface area contributed by atoms with Gasteiger partial charge in [-0.3, -0.25) is 0 Å². The minimum absolute atomic E-state index is 0.208. The van der Waals surface area contributed by atoms with E-state index in [-0.39, 0.29) is 5.41 Å². The van der Waals surface area contributed by atoms with Crippen molar-refractivity contribution in [1.29, 1.82) is 0 Å². The Morgan fingerprint density at radius 3 is 1.79 bits per heavy atom. The van der Waals surface area contributed by atoms with Crippen LogP contribution in [0, 0.1) is 20.8 Å². The van der Waals surface area contributed by atoms with Crippen molar-refractivity contribution in [2.45, 2.75) is 40.0 Å². The molecule has 2 heteroatoms. The molecule has 232 valence electrons. The van der Waals surface area contributed by atoms with Crippen LogP contribution in [0.1, 0.15) is 41.7 Å². The summed E-state index contributed by atoms with van der Waals surface area (Å²) in [6, 6.07) is 51.9. The van der Waals surface area contributed by atoms with E-state index < -0.39 is 0 Å². The molecule has 0 radical (unpaired) electrons. The summed E-state index contributed by atoms with van der Waals surface area (Å²) in [5.74, 6) is 0. The molecule has 0 spiro atoms. The Balaban J connectivity index is 1.29. The number of para-hydroxylation sites is 1. The Bertz CT molecular complexity index is 2510. The average Bonchev–Trinajstić information content (AvgIpc) is 3.52. The van der Waals surface area contributed by atoms with Gasteiger partial charge in [-0.1, -0.05) is 97.8 Å². The molecule has 1 aromatic heterocycles. The molecule has 0 atom stereocenters. The highest BCUT2D eigenvalue weighted by atomic mass is 15.1. The van der Waals surface area contributed by atoms with E-state index in [1.54, 1.807) is 0 Å². The molecule has 0 fully saturated rings. The van der Waals surface area contributed by atoms with Crippen molar-refractivity contribution >= 4 is 49.6 Å². The monoisotopic (exact) mass is 618 g/mol. The molecule has 0 unspecified atom stereocenters. The van der Waals surface area contributed by atoms with E-state index >= 15 is 0 Å². The lowest BCUT2D eigenvalue weighted by molar-refractivity contribution is 0.660. The molecule has 1 aliphatic rings. The molecule has 2 nitrogen and oxygen atoms in total. The van der Waals surface area contributed by atoms with Crippen LogP contribution < -0.4 is 4.90 Å². The van der Waals surface area contributed by atoms with Gasteiger partial charge in [-0.05, 0) is 121 Å². The van der Waals surface area contributed by atoms with Crippen LogP contribution in [0.5, 0.6) is 0 Å². The first kappa shape index (κ1) is 28.6. The van der Waals surface area contributed by atoms with E-state index in [2.05, 4.69) is 184 Å². The number of fused-ring (bicyclic) bond motifs is 8. The number of anilines is 3. The van der Waals surface area contributed by atoms with Gasteiger partial charge in [-0.25, -0.2) is 0 Å². The first-order valence-electron chi connectivity index (χ1n) is 16.9. The van der Waals surface area contributed by atoms with Crippen molar-refractivity contribution in [1.82, 2.24) is 4.57 Å². The summed E-state index contributed by atoms with van der Waals surface area (Å²) in [5, 5.41) is 5.16. The van der Waals surface area contributed by atoms with Crippen molar-refractivity contribution in [3.05, 3.63) is 167 Å². The van der Waals surface area contributed by atoms with Gasteiger partial charge < -0.3 is 9.47 Å². The Morgan fingerprint density at radius 1 is 0.479 bits per heavy atom. The van der Waals surface area contributed by atoms with Crippen LogP contribution in [0.4, 0.5) is 17.1 Å². The highest BCUT2D eigenvalue weighted by Crippen LogP contribution is 2.55. The van der Waals surface area contributed by atoms with E-state index in [0.717, 1.165) is 5.69 Å². The Kier molecular flexibility index (Phi) is 6.23. The zero-order valence-corrected chi connectivity index (χ0v) is 28.2. The smallest absolute Gasteiger partial charge is 0.0543 e. The van der Waals surface area contributed by atoms with E-state index in [1.165, 1.54) is 88.6 Å².